The van der Waals surface area contributed by atoms with Crippen molar-refractivity contribution >= 4 is 0 Å². The van der Waals surface area contributed by atoms with Gasteiger partial charge in [0.15, 0.2) is 6.04 Å². The average Bonchev–Trinajstić information content (AvgIpc) is 2.72. The minimum Gasteiger partial charge on any atom is -0.309 e. The summed E-state index contributed by atoms with van der Waals surface area (Å²) >= 11 is 0. The number of quaternary nitrogens is 1. The highest BCUT2D eigenvalue weighted by molar-refractivity contribution is 5.51. The molecule has 0 bridgehead atoms. The van der Waals surface area contributed by atoms with Gasteiger partial charge in [0, 0.05) is 17.1 Å². The fraction of sp³-hybridized carbons (Fsp3) is 0.478. The Morgan fingerprint density at radius 2 is 1.57 bits per heavy atom. The highest BCUT2D eigenvalue weighted by atomic mass is 15.0. The van der Waals surface area contributed by atoms with Crippen molar-refractivity contribution in [2.75, 3.05) is 0 Å². The molecule has 0 saturated carbocycles. The summed E-state index contributed by atoms with van der Waals surface area (Å²) < 4.78 is 0. The first-order valence-electron chi connectivity index (χ1n) is 9.71. The molecule has 1 heterocycles. The van der Waals surface area contributed by atoms with Crippen LogP contribution in [-0.4, -0.2) is 0 Å². The quantitative estimate of drug-likeness (QED) is 0.860. The predicted octanol–water partition coefficient (Wildman–Crippen LogP) is 3.33. The molecule has 0 radical (unpaired) electrons. The molecular weight excluding hydrogens is 346 g/mol. The lowest BCUT2D eigenvalue weighted by Crippen LogP contribution is -2.91. The fourth-order valence-electron chi connectivity index (χ4n) is 5.12. The van der Waals surface area contributed by atoms with Crippen molar-refractivity contribution in [3.63, 3.8) is 0 Å². The van der Waals surface area contributed by atoms with Crippen LogP contribution in [0.3, 0.4) is 0 Å². The first kappa shape index (κ1) is 19.6. The maximum atomic E-state index is 10.3. The van der Waals surface area contributed by atoms with E-state index in [-0.39, 0.29) is 11.8 Å². The molecule has 1 aliphatic carbocycles. The number of nitrogens with zero attached hydrogens (tertiary/aromatic N) is 4. The zero-order valence-electron chi connectivity index (χ0n) is 16.5. The Labute approximate surface area is 166 Å². The molecule has 0 amide bonds. The zero-order chi connectivity index (χ0) is 20.5. The summed E-state index contributed by atoms with van der Waals surface area (Å²) in [6, 6.07) is 17.3. The third-order valence-electron chi connectivity index (χ3n) is 6.57. The number of nitriles is 4. The minimum absolute atomic E-state index is 0.0154. The molecule has 2 aliphatic rings. The molecule has 3 atom stereocenters. The highest BCUT2D eigenvalue weighted by Crippen LogP contribution is 2.57. The molecule has 1 aromatic rings. The van der Waals surface area contributed by atoms with Crippen molar-refractivity contribution < 1.29 is 5.32 Å². The van der Waals surface area contributed by atoms with E-state index >= 15 is 0 Å². The van der Waals surface area contributed by atoms with Crippen molar-refractivity contribution in [3.8, 4) is 24.3 Å². The summed E-state index contributed by atoms with van der Waals surface area (Å²) in [6.45, 7) is 6.30. The highest BCUT2D eigenvalue weighted by Gasteiger charge is 2.69. The van der Waals surface area contributed by atoms with E-state index in [0.29, 0.717) is 11.5 Å². The SMILES string of the molecule is CC(C)[C@@H]1CC[C@H](C)C2=C1[NH2+][C@@H](c1ccccc1)C(C#N)(C#N)C2(C#N)C#N. The summed E-state index contributed by atoms with van der Waals surface area (Å²) in [5.74, 6) is 0.546. The predicted molar refractivity (Wildman–Crippen MR) is 102 cm³/mol. The molecule has 5 nitrogen and oxygen atoms in total. The molecule has 1 aromatic carbocycles. The zero-order valence-corrected chi connectivity index (χ0v) is 16.5. The van der Waals surface area contributed by atoms with Gasteiger partial charge in [-0.05, 0) is 24.7 Å². The van der Waals surface area contributed by atoms with Crippen LogP contribution in [0.1, 0.15) is 45.2 Å². The summed E-state index contributed by atoms with van der Waals surface area (Å²) in [5.41, 5.74) is -1.09. The van der Waals surface area contributed by atoms with Crippen molar-refractivity contribution in [2.45, 2.75) is 39.7 Å². The van der Waals surface area contributed by atoms with Crippen LogP contribution in [-0.2, 0) is 0 Å². The van der Waals surface area contributed by atoms with Crippen molar-refractivity contribution in [3.05, 3.63) is 47.2 Å². The lowest BCUT2D eigenvalue weighted by molar-refractivity contribution is -0.676. The van der Waals surface area contributed by atoms with Gasteiger partial charge in [-0.15, -0.1) is 0 Å². The van der Waals surface area contributed by atoms with Gasteiger partial charge in [-0.25, -0.2) is 0 Å². The van der Waals surface area contributed by atoms with Gasteiger partial charge in [-0.3, -0.25) is 0 Å². The molecule has 0 fully saturated rings. The van der Waals surface area contributed by atoms with Gasteiger partial charge in [0.05, 0.1) is 24.3 Å². The molecular formula is C23H24N5+. The first-order chi connectivity index (χ1) is 13.4. The Balaban J connectivity index is 2.41. The average molecular weight is 370 g/mol. The Bertz CT molecular complexity index is 933. The van der Waals surface area contributed by atoms with E-state index in [0.717, 1.165) is 24.1 Å². The summed E-state index contributed by atoms with van der Waals surface area (Å²) in [4.78, 5) is 0. The van der Waals surface area contributed by atoms with Gasteiger partial charge in [-0.2, -0.15) is 21.0 Å². The molecule has 3 rings (SSSR count). The van der Waals surface area contributed by atoms with E-state index in [4.69, 9.17) is 0 Å². The Morgan fingerprint density at radius 1 is 0.964 bits per heavy atom. The standard InChI is InChI=1S/C23H23N5/c1-15(2)18-10-9-16(3)19-20(18)28-21(17-7-5-4-6-8-17)23(13-26,14-27)22(19,11-24)12-25/h4-8,15-16,18,21,28H,9-10H2,1-3H3/p+1/t16-,18-,21-/m0/s1. The van der Waals surface area contributed by atoms with Crippen LogP contribution in [0.4, 0.5) is 0 Å². The Kier molecular flexibility index (Phi) is 5.00. The van der Waals surface area contributed by atoms with Crippen LogP contribution in [0.25, 0.3) is 0 Å². The molecule has 0 saturated heterocycles. The number of benzene rings is 1. The first-order valence-corrected chi connectivity index (χ1v) is 9.71. The minimum atomic E-state index is -1.79. The van der Waals surface area contributed by atoms with Gasteiger partial charge in [-0.1, -0.05) is 51.1 Å². The summed E-state index contributed by atoms with van der Waals surface area (Å²) in [7, 11) is 0. The van der Waals surface area contributed by atoms with Gasteiger partial charge in [0.25, 0.3) is 0 Å². The smallest absolute Gasteiger partial charge is 0.234 e. The number of nitrogens with two attached hydrogens (primary N) is 1. The van der Waals surface area contributed by atoms with Crippen molar-refractivity contribution in [1.29, 1.82) is 21.0 Å². The number of rotatable bonds is 2. The van der Waals surface area contributed by atoms with Crippen LogP contribution >= 0.6 is 0 Å². The lowest BCUT2D eigenvalue weighted by atomic mass is 9.51. The monoisotopic (exact) mass is 370 g/mol. The van der Waals surface area contributed by atoms with E-state index in [1.807, 2.05) is 42.6 Å². The topological polar surface area (TPSA) is 112 Å². The normalized spacial score (nSPS) is 27.6. The number of hydrogen-bond donors (Lipinski definition) is 1. The fourth-order valence-corrected chi connectivity index (χ4v) is 5.12. The van der Waals surface area contributed by atoms with E-state index in [2.05, 4.69) is 38.1 Å². The Morgan fingerprint density at radius 3 is 2.07 bits per heavy atom. The molecule has 140 valence electrons. The van der Waals surface area contributed by atoms with E-state index in [1.54, 1.807) is 0 Å². The van der Waals surface area contributed by atoms with Gasteiger partial charge in [0.2, 0.25) is 10.8 Å². The van der Waals surface area contributed by atoms with Gasteiger partial charge in [0.1, 0.15) is 5.70 Å². The third kappa shape index (κ3) is 2.45. The number of allylic oxidation sites excluding steroid dienone is 2. The second kappa shape index (κ2) is 7.13. The third-order valence-corrected chi connectivity index (χ3v) is 6.57. The van der Waals surface area contributed by atoms with Crippen LogP contribution < -0.4 is 5.32 Å². The summed E-state index contributed by atoms with van der Waals surface area (Å²) in [5, 5.41) is 43.0. The Hall–Kier alpha value is -3.12. The second-order valence-corrected chi connectivity index (χ2v) is 8.26. The molecule has 0 aromatic heterocycles. The van der Waals surface area contributed by atoms with Gasteiger partial charge >= 0.3 is 0 Å². The second-order valence-electron chi connectivity index (χ2n) is 8.26. The lowest BCUT2D eigenvalue weighted by Gasteiger charge is -2.47. The van der Waals surface area contributed by atoms with E-state index < -0.39 is 16.9 Å². The molecule has 5 heteroatoms. The summed E-state index contributed by atoms with van der Waals surface area (Å²) in [6.07, 6.45) is 1.83. The largest absolute Gasteiger partial charge is 0.309 e. The van der Waals surface area contributed by atoms with Gasteiger partial charge < -0.3 is 5.32 Å². The molecule has 28 heavy (non-hydrogen) atoms. The van der Waals surface area contributed by atoms with Crippen LogP contribution in [0.15, 0.2) is 41.6 Å². The van der Waals surface area contributed by atoms with E-state index in [1.165, 1.54) is 0 Å². The maximum absolute atomic E-state index is 10.3. The molecule has 2 N–H and O–H groups in total. The molecule has 0 spiro atoms. The van der Waals surface area contributed by atoms with E-state index in [9.17, 15) is 21.0 Å². The van der Waals surface area contributed by atoms with Crippen LogP contribution in [0, 0.1) is 73.9 Å². The maximum Gasteiger partial charge on any atom is 0.234 e. The molecule has 1 aliphatic heterocycles. The van der Waals surface area contributed by atoms with Crippen LogP contribution in [0.5, 0.6) is 0 Å². The molecule has 0 unspecified atom stereocenters. The number of hydrogen-bond acceptors (Lipinski definition) is 4. The van der Waals surface area contributed by atoms with Crippen molar-refractivity contribution in [2.24, 2.45) is 28.6 Å². The van der Waals surface area contributed by atoms with Crippen molar-refractivity contribution in [1.82, 2.24) is 0 Å². The van der Waals surface area contributed by atoms with Crippen LogP contribution in [0.2, 0.25) is 0 Å².